The lowest BCUT2D eigenvalue weighted by atomic mass is 10.0. The van der Waals surface area contributed by atoms with Gasteiger partial charge in [0.1, 0.15) is 6.61 Å². The summed E-state index contributed by atoms with van der Waals surface area (Å²) in [6.45, 7) is 1.35. The fourth-order valence-electron chi connectivity index (χ4n) is 2.01. The Hall–Kier alpha value is -1.16. The Labute approximate surface area is 120 Å². The summed E-state index contributed by atoms with van der Waals surface area (Å²) in [5.41, 5.74) is -0.795. The van der Waals surface area contributed by atoms with Crippen molar-refractivity contribution in [1.82, 2.24) is 14.1 Å². The summed E-state index contributed by atoms with van der Waals surface area (Å²) in [5.74, 6) is -1.10. The van der Waals surface area contributed by atoms with Crippen LogP contribution in [-0.4, -0.2) is 58.9 Å². The lowest BCUT2D eigenvalue weighted by molar-refractivity contribution is -0.157. The molecule has 2 rings (SSSR count). The topological polar surface area (TPSA) is 102 Å². The molecule has 0 bridgehead atoms. The number of carbonyl (C=O) groups is 1. The number of hydrogen-bond acceptors (Lipinski definition) is 5. The lowest BCUT2D eigenvalue weighted by Crippen LogP contribution is -2.63. The quantitative estimate of drug-likeness (QED) is 0.814. The maximum Gasteiger partial charge on any atom is 0.329 e. The molecule has 8 nitrogen and oxygen atoms in total. The summed E-state index contributed by atoms with van der Waals surface area (Å²) in [6.07, 6.45) is 1.26. The number of ether oxygens (including phenoxy) is 1. The average molecular weight is 324 g/mol. The van der Waals surface area contributed by atoms with Crippen LogP contribution in [-0.2, 0) is 26.6 Å². The van der Waals surface area contributed by atoms with E-state index < -0.39 is 28.2 Å². The van der Waals surface area contributed by atoms with Crippen LogP contribution in [0.25, 0.3) is 0 Å². The standard InChI is InChI=1S/C10H14ClN3O5S/c1-10(19-4-8(15)16)5-14(6-10)20(17,18)9-7(11)3-12-13(9)2/h3H,4-6H2,1-2H3,(H,15,16). The van der Waals surface area contributed by atoms with Crippen LogP contribution in [0.5, 0.6) is 0 Å². The van der Waals surface area contributed by atoms with Crippen molar-refractivity contribution in [2.75, 3.05) is 19.7 Å². The highest BCUT2D eigenvalue weighted by molar-refractivity contribution is 7.89. The van der Waals surface area contributed by atoms with Crippen LogP contribution < -0.4 is 0 Å². The number of sulfonamides is 1. The van der Waals surface area contributed by atoms with Crippen LogP contribution in [0.2, 0.25) is 5.02 Å². The number of rotatable bonds is 5. The molecule has 1 aliphatic heterocycles. The first kappa shape index (κ1) is 15.2. The summed E-state index contributed by atoms with van der Waals surface area (Å²) in [6, 6.07) is 0. The minimum absolute atomic E-state index is 0.0487. The SMILES string of the molecule is Cn1ncc(Cl)c1S(=O)(=O)N1CC(C)(OCC(=O)O)C1. The van der Waals surface area contributed by atoms with E-state index in [1.807, 2.05) is 0 Å². The summed E-state index contributed by atoms with van der Waals surface area (Å²) < 4.78 is 32.2. The van der Waals surface area contributed by atoms with Crippen molar-refractivity contribution in [3.8, 4) is 0 Å². The van der Waals surface area contributed by atoms with Crippen molar-refractivity contribution in [2.24, 2.45) is 7.05 Å². The van der Waals surface area contributed by atoms with Crippen LogP contribution in [0.1, 0.15) is 6.92 Å². The summed E-state index contributed by atoms with van der Waals surface area (Å²) in [4.78, 5) is 10.5. The maximum absolute atomic E-state index is 12.4. The van der Waals surface area contributed by atoms with E-state index in [1.165, 1.54) is 22.2 Å². The van der Waals surface area contributed by atoms with E-state index in [1.54, 1.807) is 6.92 Å². The first-order valence-electron chi connectivity index (χ1n) is 5.69. The van der Waals surface area contributed by atoms with Gasteiger partial charge < -0.3 is 9.84 Å². The summed E-state index contributed by atoms with van der Waals surface area (Å²) in [5, 5.41) is 12.3. The van der Waals surface area contributed by atoms with Gasteiger partial charge in [0, 0.05) is 20.1 Å². The van der Waals surface area contributed by atoms with Crippen molar-refractivity contribution < 1.29 is 23.1 Å². The second-order valence-corrected chi connectivity index (χ2v) is 7.09. The molecule has 0 saturated carbocycles. The van der Waals surface area contributed by atoms with E-state index in [9.17, 15) is 13.2 Å². The molecular formula is C10H14ClN3O5S. The molecule has 10 heteroatoms. The van der Waals surface area contributed by atoms with Crippen molar-refractivity contribution in [3.05, 3.63) is 11.2 Å². The van der Waals surface area contributed by atoms with Gasteiger partial charge in [0.2, 0.25) is 0 Å². The van der Waals surface area contributed by atoms with E-state index in [2.05, 4.69) is 5.10 Å². The van der Waals surface area contributed by atoms with Gasteiger partial charge in [-0.3, -0.25) is 4.68 Å². The molecule has 0 aliphatic carbocycles. The van der Waals surface area contributed by atoms with E-state index in [0.717, 1.165) is 0 Å². The molecule has 1 N–H and O–H groups in total. The number of carboxylic acid groups (broad SMARTS) is 1. The second kappa shape index (κ2) is 4.99. The highest BCUT2D eigenvalue weighted by atomic mass is 35.5. The highest BCUT2D eigenvalue weighted by Crippen LogP contribution is 2.32. The molecular weight excluding hydrogens is 310 g/mol. The number of hydrogen-bond donors (Lipinski definition) is 1. The summed E-state index contributed by atoms with van der Waals surface area (Å²) >= 11 is 5.83. The van der Waals surface area contributed by atoms with Crippen LogP contribution in [0.4, 0.5) is 0 Å². The molecule has 1 fully saturated rings. The number of aliphatic carboxylic acids is 1. The molecule has 1 aliphatic rings. The minimum Gasteiger partial charge on any atom is -0.480 e. The fraction of sp³-hybridized carbons (Fsp3) is 0.600. The van der Waals surface area contributed by atoms with Gasteiger partial charge in [-0.05, 0) is 6.92 Å². The molecule has 20 heavy (non-hydrogen) atoms. The number of aromatic nitrogens is 2. The third kappa shape index (κ3) is 2.66. The van der Waals surface area contributed by atoms with E-state index in [0.29, 0.717) is 0 Å². The predicted octanol–water partition coefficient (Wildman–Crippen LogP) is -0.0623. The van der Waals surface area contributed by atoms with E-state index >= 15 is 0 Å². The molecule has 112 valence electrons. The lowest BCUT2D eigenvalue weighted by Gasteiger charge is -2.45. The Bertz CT molecular complexity index is 616. The largest absolute Gasteiger partial charge is 0.480 e. The minimum atomic E-state index is -3.76. The zero-order valence-corrected chi connectivity index (χ0v) is 12.5. The molecule has 0 aromatic carbocycles. The summed E-state index contributed by atoms with van der Waals surface area (Å²) in [7, 11) is -2.27. The highest BCUT2D eigenvalue weighted by Gasteiger charge is 2.47. The number of nitrogens with zero attached hydrogens (tertiary/aromatic N) is 3. The fourth-order valence-corrected chi connectivity index (χ4v) is 4.28. The molecule has 0 unspecified atom stereocenters. The Kier molecular flexibility index (Phi) is 3.80. The number of halogens is 1. The molecule has 0 spiro atoms. The van der Waals surface area contributed by atoms with Gasteiger partial charge in [0.25, 0.3) is 10.0 Å². The molecule has 0 amide bonds. The zero-order valence-electron chi connectivity index (χ0n) is 10.9. The van der Waals surface area contributed by atoms with Gasteiger partial charge in [-0.25, -0.2) is 13.2 Å². The number of aryl methyl sites for hydroxylation is 1. The third-order valence-electron chi connectivity index (χ3n) is 2.99. The monoisotopic (exact) mass is 323 g/mol. The van der Waals surface area contributed by atoms with Gasteiger partial charge in [-0.1, -0.05) is 11.6 Å². The van der Waals surface area contributed by atoms with Gasteiger partial charge in [0.05, 0.1) is 16.8 Å². The van der Waals surface area contributed by atoms with E-state index in [-0.39, 0.29) is 23.1 Å². The van der Waals surface area contributed by atoms with Crippen LogP contribution in [0.15, 0.2) is 11.2 Å². The van der Waals surface area contributed by atoms with Crippen molar-refractivity contribution in [3.63, 3.8) is 0 Å². The van der Waals surface area contributed by atoms with Gasteiger partial charge in [0.15, 0.2) is 5.03 Å². The normalized spacial score (nSPS) is 18.8. The first-order valence-corrected chi connectivity index (χ1v) is 7.51. The Morgan fingerprint density at radius 1 is 1.60 bits per heavy atom. The molecule has 2 heterocycles. The Morgan fingerprint density at radius 2 is 2.20 bits per heavy atom. The van der Waals surface area contributed by atoms with Crippen molar-refractivity contribution >= 4 is 27.6 Å². The van der Waals surface area contributed by atoms with Gasteiger partial charge >= 0.3 is 5.97 Å². The third-order valence-corrected chi connectivity index (χ3v) is 5.29. The van der Waals surface area contributed by atoms with Gasteiger partial charge in [-0.2, -0.15) is 9.40 Å². The van der Waals surface area contributed by atoms with Crippen LogP contribution in [0, 0.1) is 0 Å². The Morgan fingerprint density at radius 3 is 2.65 bits per heavy atom. The molecule has 1 aromatic heterocycles. The molecule has 0 atom stereocenters. The molecule has 0 radical (unpaired) electrons. The van der Waals surface area contributed by atoms with Crippen molar-refractivity contribution in [1.29, 1.82) is 0 Å². The second-order valence-electron chi connectivity index (χ2n) is 4.83. The van der Waals surface area contributed by atoms with Crippen LogP contribution in [0.3, 0.4) is 0 Å². The first-order chi connectivity index (χ1) is 9.16. The average Bonchev–Trinajstić information content (AvgIpc) is 2.63. The van der Waals surface area contributed by atoms with E-state index in [4.69, 9.17) is 21.4 Å². The molecule has 1 aromatic rings. The zero-order chi connectivity index (χ0) is 15.1. The predicted molar refractivity (Wildman–Crippen MR) is 69.0 cm³/mol. The maximum atomic E-state index is 12.4. The van der Waals surface area contributed by atoms with Crippen LogP contribution >= 0.6 is 11.6 Å². The molecule has 1 saturated heterocycles. The Balaban J connectivity index is 2.10. The van der Waals surface area contributed by atoms with Crippen molar-refractivity contribution in [2.45, 2.75) is 17.6 Å². The number of carboxylic acids is 1. The van der Waals surface area contributed by atoms with Gasteiger partial charge in [-0.15, -0.1) is 0 Å². The smallest absolute Gasteiger partial charge is 0.329 e.